The fraction of sp³-hybridized carbons (Fsp3) is 0.733. The first-order valence-electron chi connectivity index (χ1n) is 7.40. The van der Waals surface area contributed by atoms with Crippen LogP contribution in [0, 0.1) is 24.7 Å². The minimum Gasteiger partial charge on any atom is -0.352 e. The van der Waals surface area contributed by atoms with Gasteiger partial charge in [-0.05, 0) is 56.4 Å². The number of fused-ring (bicyclic) bond motifs is 2. The lowest BCUT2D eigenvalue weighted by Gasteiger charge is -2.28. The zero-order valence-electron chi connectivity index (χ0n) is 11.8. The number of carbonyl (C=O) groups is 1. The highest BCUT2D eigenvalue weighted by Crippen LogP contribution is 2.49. The standard InChI is InChI=1S/C15H23N3O/c1-10-7-16-18(8-10)9-15(19)17-11(2)14-6-12-3-4-13(14)5-12/h7-8,11-14H,3-6,9H2,1-2H3,(H,17,19)/t11-,12+,13+,14+/m0/s1. The number of aryl methyl sites for hydroxylation is 1. The van der Waals surface area contributed by atoms with E-state index >= 15 is 0 Å². The van der Waals surface area contributed by atoms with Gasteiger partial charge in [0, 0.05) is 12.2 Å². The van der Waals surface area contributed by atoms with Gasteiger partial charge in [-0.2, -0.15) is 5.10 Å². The van der Waals surface area contributed by atoms with Crippen LogP contribution < -0.4 is 5.32 Å². The van der Waals surface area contributed by atoms with Crippen molar-refractivity contribution in [2.45, 2.75) is 52.1 Å². The summed E-state index contributed by atoms with van der Waals surface area (Å²) in [4.78, 5) is 12.0. The first-order chi connectivity index (χ1) is 9.11. The Labute approximate surface area is 114 Å². The summed E-state index contributed by atoms with van der Waals surface area (Å²) >= 11 is 0. The van der Waals surface area contributed by atoms with Gasteiger partial charge in [-0.25, -0.2) is 0 Å². The molecule has 0 radical (unpaired) electrons. The maximum absolute atomic E-state index is 12.0. The van der Waals surface area contributed by atoms with E-state index in [2.05, 4.69) is 17.3 Å². The summed E-state index contributed by atoms with van der Waals surface area (Å²) in [5, 5.41) is 7.32. The van der Waals surface area contributed by atoms with Crippen molar-refractivity contribution in [1.82, 2.24) is 15.1 Å². The summed E-state index contributed by atoms with van der Waals surface area (Å²) in [6, 6.07) is 0.305. The summed E-state index contributed by atoms with van der Waals surface area (Å²) in [6.45, 7) is 4.48. The van der Waals surface area contributed by atoms with Crippen molar-refractivity contribution in [1.29, 1.82) is 0 Å². The predicted molar refractivity (Wildman–Crippen MR) is 73.5 cm³/mol. The van der Waals surface area contributed by atoms with Crippen LogP contribution in [0.2, 0.25) is 0 Å². The van der Waals surface area contributed by atoms with Gasteiger partial charge < -0.3 is 5.32 Å². The Bertz CT molecular complexity index is 468. The third-order valence-electron chi connectivity index (χ3n) is 4.89. The summed E-state index contributed by atoms with van der Waals surface area (Å²) in [5.41, 5.74) is 1.09. The summed E-state index contributed by atoms with van der Waals surface area (Å²) in [6.07, 6.45) is 9.17. The second-order valence-corrected chi connectivity index (χ2v) is 6.41. The lowest BCUT2D eigenvalue weighted by Crippen LogP contribution is -2.41. The Morgan fingerprint density at radius 2 is 2.37 bits per heavy atom. The molecule has 4 heteroatoms. The fourth-order valence-corrected chi connectivity index (χ4v) is 4.01. The van der Waals surface area contributed by atoms with Crippen LogP contribution in [0.4, 0.5) is 0 Å². The maximum atomic E-state index is 12.0. The van der Waals surface area contributed by atoms with E-state index < -0.39 is 0 Å². The third kappa shape index (κ3) is 2.67. The molecule has 2 bridgehead atoms. The molecule has 3 rings (SSSR count). The van der Waals surface area contributed by atoms with E-state index in [1.165, 1.54) is 25.7 Å². The molecule has 2 aliphatic rings. The molecule has 0 spiro atoms. The van der Waals surface area contributed by atoms with Crippen molar-refractivity contribution in [2.24, 2.45) is 17.8 Å². The van der Waals surface area contributed by atoms with E-state index in [4.69, 9.17) is 0 Å². The molecule has 0 aromatic carbocycles. The van der Waals surface area contributed by atoms with Gasteiger partial charge in [0.05, 0.1) is 6.20 Å². The molecule has 0 saturated heterocycles. The van der Waals surface area contributed by atoms with Gasteiger partial charge >= 0.3 is 0 Å². The van der Waals surface area contributed by atoms with Gasteiger partial charge in [-0.15, -0.1) is 0 Å². The van der Waals surface area contributed by atoms with Crippen molar-refractivity contribution >= 4 is 5.91 Å². The second kappa shape index (κ2) is 4.99. The third-order valence-corrected chi connectivity index (χ3v) is 4.89. The average Bonchev–Trinajstić information content (AvgIpc) is 3.05. The van der Waals surface area contributed by atoms with Gasteiger partial charge in [-0.3, -0.25) is 9.48 Å². The molecule has 1 aromatic rings. The van der Waals surface area contributed by atoms with Crippen molar-refractivity contribution in [2.75, 3.05) is 0 Å². The molecule has 1 amide bonds. The molecule has 2 fully saturated rings. The average molecular weight is 261 g/mol. The zero-order chi connectivity index (χ0) is 13.4. The first kappa shape index (κ1) is 12.7. The summed E-state index contributed by atoms with van der Waals surface area (Å²) in [7, 11) is 0. The van der Waals surface area contributed by atoms with E-state index in [1.54, 1.807) is 10.9 Å². The fourth-order valence-electron chi connectivity index (χ4n) is 4.01. The van der Waals surface area contributed by atoms with Crippen LogP contribution in [-0.4, -0.2) is 21.7 Å². The van der Waals surface area contributed by atoms with E-state index in [9.17, 15) is 4.79 Å². The molecule has 2 saturated carbocycles. The van der Waals surface area contributed by atoms with Crippen LogP contribution in [0.1, 0.15) is 38.2 Å². The highest BCUT2D eigenvalue weighted by Gasteiger charge is 2.42. The number of nitrogens with zero attached hydrogens (tertiary/aromatic N) is 2. The van der Waals surface area contributed by atoms with Crippen molar-refractivity contribution in [3.63, 3.8) is 0 Å². The Balaban J connectivity index is 1.52. The van der Waals surface area contributed by atoms with Crippen LogP contribution in [0.15, 0.2) is 12.4 Å². The molecule has 4 nitrogen and oxygen atoms in total. The molecular weight excluding hydrogens is 238 g/mol. The van der Waals surface area contributed by atoms with Gasteiger partial charge in [0.25, 0.3) is 0 Å². The minimum atomic E-state index is 0.0818. The predicted octanol–water partition coefficient (Wildman–Crippen LogP) is 2.13. The molecule has 0 aliphatic heterocycles. The molecule has 1 aromatic heterocycles. The molecule has 19 heavy (non-hydrogen) atoms. The largest absolute Gasteiger partial charge is 0.352 e. The summed E-state index contributed by atoms with van der Waals surface area (Å²) in [5.74, 6) is 2.57. The lowest BCUT2D eigenvalue weighted by molar-refractivity contribution is -0.122. The smallest absolute Gasteiger partial charge is 0.241 e. The van der Waals surface area contributed by atoms with Crippen molar-refractivity contribution < 1.29 is 4.79 Å². The number of hydrogen-bond acceptors (Lipinski definition) is 2. The van der Waals surface area contributed by atoms with E-state index in [-0.39, 0.29) is 5.91 Å². The number of amides is 1. The van der Waals surface area contributed by atoms with Crippen molar-refractivity contribution in [3.05, 3.63) is 18.0 Å². The molecule has 0 unspecified atom stereocenters. The van der Waals surface area contributed by atoms with Crippen LogP contribution in [-0.2, 0) is 11.3 Å². The number of rotatable bonds is 4. The molecule has 1 heterocycles. The van der Waals surface area contributed by atoms with Gasteiger partial charge in [-0.1, -0.05) is 6.42 Å². The van der Waals surface area contributed by atoms with Crippen molar-refractivity contribution in [3.8, 4) is 0 Å². The lowest BCUT2D eigenvalue weighted by atomic mass is 9.84. The highest BCUT2D eigenvalue weighted by molar-refractivity contribution is 5.75. The highest BCUT2D eigenvalue weighted by atomic mass is 16.2. The molecular formula is C15H23N3O. The maximum Gasteiger partial charge on any atom is 0.241 e. The Morgan fingerprint density at radius 1 is 1.53 bits per heavy atom. The van der Waals surface area contributed by atoms with Gasteiger partial charge in [0.2, 0.25) is 5.91 Å². The number of carbonyl (C=O) groups excluding carboxylic acids is 1. The first-order valence-corrected chi connectivity index (χ1v) is 7.40. The van der Waals surface area contributed by atoms with Crippen LogP contribution >= 0.6 is 0 Å². The second-order valence-electron chi connectivity index (χ2n) is 6.41. The van der Waals surface area contributed by atoms with E-state index in [0.29, 0.717) is 18.5 Å². The topological polar surface area (TPSA) is 46.9 Å². The Hall–Kier alpha value is -1.32. The Kier molecular flexibility index (Phi) is 3.33. The number of hydrogen-bond donors (Lipinski definition) is 1. The van der Waals surface area contributed by atoms with E-state index in [1.807, 2.05) is 13.1 Å². The molecule has 2 aliphatic carbocycles. The quantitative estimate of drug-likeness (QED) is 0.902. The molecule has 104 valence electrons. The number of aromatic nitrogens is 2. The normalized spacial score (nSPS) is 30.5. The minimum absolute atomic E-state index is 0.0818. The van der Waals surface area contributed by atoms with Crippen LogP contribution in [0.25, 0.3) is 0 Å². The SMILES string of the molecule is Cc1cnn(CC(=O)N[C@@H](C)[C@H]2C[C@@H]3CC[C@@H]2C3)c1. The van der Waals surface area contributed by atoms with Gasteiger partial charge in [0.15, 0.2) is 0 Å². The monoisotopic (exact) mass is 261 g/mol. The number of nitrogens with one attached hydrogen (secondary N) is 1. The zero-order valence-corrected chi connectivity index (χ0v) is 11.8. The summed E-state index contributed by atoms with van der Waals surface area (Å²) < 4.78 is 1.71. The van der Waals surface area contributed by atoms with E-state index in [0.717, 1.165) is 17.4 Å². The molecule has 4 atom stereocenters. The Morgan fingerprint density at radius 3 is 2.95 bits per heavy atom. The van der Waals surface area contributed by atoms with Gasteiger partial charge in [0.1, 0.15) is 6.54 Å². The molecule has 1 N–H and O–H groups in total. The van der Waals surface area contributed by atoms with Crippen LogP contribution in [0.5, 0.6) is 0 Å². The van der Waals surface area contributed by atoms with Crippen LogP contribution in [0.3, 0.4) is 0 Å².